The Bertz CT molecular complexity index is 3420. The minimum atomic E-state index is -0.909. The highest BCUT2D eigenvalue weighted by Crippen LogP contribution is 2.58. The van der Waals surface area contributed by atoms with Gasteiger partial charge in [0, 0.05) is 60.9 Å². The van der Waals surface area contributed by atoms with Crippen molar-refractivity contribution in [3.63, 3.8) is 0 Å². The van der Waals surface area contributed by atoms with Crippen molar-refractivity contribution in [1.29, 1.82) is 31.6 Å². The van der Waals surface area contributed by atoms with Crippen molar-refractivity contribution in [1.82, 2.24) is 0 Å². The fourth-order valence-electron chi connectivity index (χ4n) is 8.71. The van der Waals surface area contributed by atoms with Gasteiger partial charge in [-0.25, -0.2) is 0 Å². The standard InChI is InChI=1S/C52H34N6O4S6/c1-49(2)31(29(23-57)43(61-49)25(19-53)20-54)11-9-27-13-35-47(63-27)45-33(51(5,6)59-35)15-37(67-45)39-17-41-42(65-39)18-40(66-41)38-16-34-46(68-38)48-36(60-52(34,7)8)14-28(64-48)10-12-32-30(24-58)44(26(21-55)22-56)62-50(32,3)4/h9-18H,1-8H3/b11-9+,12-10+. The van der Waals surface area contributed by atoms with Crippen molar-refractivity contribution >= 4 is 89.6 Å². The molecule has 0 aromatic carbocycles. The van der Waals surface area contributed by atoms with E-state index in [1.807, 2.05) is 88.4 Å². The van der Waals surface area contributed by atoms with Crippen LogP contribution >= 0.6 is 68.0 Å². The summed E-state index contributed by atoms with van der Waals surface area (Å²) < 4.78 is 27.6. The Balaban J connectivity index is 0.931. The van der Waals surface area contributed by atoms with Gasteiger partial charge in [-0.15, -0.1) is 68.0 Å². The maximum Gasteiger partial charge on any atom is 0.172 e. The Morgan fingerprint density at radius 1 is 0.426 bits per heavy atom. The van der Waals surface area contributed by atoms with Gasteiger partial charge in [-0.05, 0) is 104 Å². The summed E-state index contributed by atoms with van der Waals surface area (Å²) in [6, 6.07) is 24.8. The lowest BCUT2D eigenvalue weighted by atomic mass is 9.94. The third-order valence-electron chi connectivity index (χ3n) is 12.0. The largest absolute Gasteiger partial charge is 0.482 e. The van der Waals surface area contributed by atoms with Gasteiger partial charge in [-0.3, -0.25) is 0 Å². The average molecular weight is 999 g/mol. The molecular weight excluding hydrogens is 965 g/mol. The van der Waals surface area contributed by atoms with Gasteiger partial charge < -0.3 is 18.9 Å². The van der Waals surface area contributed by atoms with Crippen LogP contribution in [0.3, 0.4) is 0 Å². The maximum absolute atomic E-state index is 10.0. The van der Waals surface area contributed by atoms with Crippen molar-refractivity contribution in [2.24, 2.45) is 0 Å². The van der Waals surface area contributed by atoms with Gasteiger partial charge in [0.25, 0.3) is 0 Å². The first-order valence-corrected chi connectivity index (χ1v) is 25.9. The molecule has 0 spiro atoms. The molecule has 0 unspecified atom stereocenters. The lowest BCUT2D eigenvalue weighted by molar-refractivity contribution is 0.0951. The van der Waals surface area contributed by atoms with Gasteiger partial charge in [-0.1, -0.05) is 12.2 Å². The normalized spacial score (nSPS) is 17.7. The fourth-order valence-corrected chi connectivity index (χ4v) is 16.1. The number of allylic oxidation sites excluding steroid dienone is 4. The predicted molar refractivity (Wildman–Crippen MR) is 270 cm³/mol. The predicted octanol–water partition coefficient (Wildman–Crippen LogP) is 15.0. The number of nitrogens with zero attached hydrogens (tertiary/aromatic N) is 6. The molecule has 0 atom stereocenters. The van der Waals surface area contributed by atoms with Gasteiger partial charge >= 0.3 is 0 Å². The second-order valence-electron chi connectivity index (χ2n) is 18.1. The minimum absolute atomic E-state index is 0.0152. The molecule has 0 saturated carbocycles. The van der Waals surface area contributed by atoms with E-state index in [1.54, 1.807) is 68.0 Å². The van der Waals surface area contributed by atoms with Gasteiger partial charge in [-0.2, -0.15) is 31.6 Å². The van der Waals surface area contributed by atoms with Crippen LogP contribution in [0.5, 0.6) is 11.5 Å². The summed E-state index contributed by atoms with van der Waals surface area (Å²) in [5.41, 5.74) is 0.407. The van der Waals surface area contributed by atoms with Gasteiger partial charge in [0.15, 0.2) is 22.7 Å². The molecule has 0 saturated heterocycles. The minimum Gasteiger partial charge on any atom is -0.482 e. The van der Waals surface area contributed by atoms with Crippen molar-refractivity contribution < 1.29 is 18.9 Å². The second kappa shape index (κ2) is 15.8. The van der Waals surface area contributed by atoms with Crippen LogP contribution in [0.2, 0.25) is 0 Å². The molecule has 10 rings (SSSR count). The number of thiophene rings is 6. The van der Waals surface area contributed by atoms with Crippen LogP contribution in [0.4, 0.5) is 0 Å². The van der Waals surface area contributed by atoms with Crippen molar-refractivity contribution in [3.05, 3.63) is 114 Å². The molecule has 0 amide bonds. The van der Waals surface area contributed by atoms with E-state index < -0.39 is 22.4 Å². The molecule has 4 aliphatic heterocycles. The number of hydrogen-bond donors (Lipinski definition) is 0. The van der Waals surface area contributed by atoms with E-state index >= 15 is 0 Å². The molecule has 6 aromatic rings. The number of rotatable bonds is 6. The Kier molecular flexibility index (Phi) is 10.4. The molecule has 10 heterocycles. The van der Waals surface area contributed by atoms with Crippen molar-refractivity contribution in [3.8, 4) is 86.9 Å². The second-order valence-corrected chi connectivity index (χ2v) is 24.6. The quantitative estimate of drug-likeness (QED) is 0.146. The van der Waals surface area contributed by atoms with Crippen LogP contribution < -0.4 is 9.47 Å². The third-order valence-corrected chi connectivity index (χ3v) is 19.4. The smallest absolute Gasteiger partial charge is 0.172 e. The summed E-state index contributed by atoms with van der Waals surface area (Å²) in [7, 11) is 0. The Morgan fingerprint density at radius 3 is 1.15 bits per heavy atom. The summed E-state index contributed by atoms with van der Waals surface area (Å²) in [4.78, 5) is 11.0. The summed E-state index contributed by atoms with van der Waals surface area (Å²) in [5, 5.41) is 58.0. The number of nitriles is 6. The Hall–Kier alpha value is -6.96. The fraction of sp³-hybridized carbons (Fsp3) is 0.231. The van der Waals surface area contributed by atoms with Crippen LogP contribution in [0, 0.1) is 68.0 Å². The SMILES string of the molecule is CC1(C)OC(=C(C#N)C#N)C(C#N)=C1/C=C/c1cc2c(s1)-c1sc(-c3cc4sc(-c5cc6c(s5)-c5sc(/C=C/C7=C(C#N)C(=C(C#N)C#N)OC7(C)C)cc5OC6(C)C)cc4s3)cc1C(C)(C)O2. The monoisotopic (exact) mass is 998 g/mol. The van der Waals surface area contributed by atoms with E-state index in [9.17, 15) is 31.6 Å². The maximum atomic E-state index is 10.0. The summed E-state index contributed by atoms with van der Waals surface area (Å²) in [6.45, 7) is 15.6. The molecule has 0 fully saturated rings. The summed E-state index contributed by atoms with van der Waals surface area (Å²) in [6.07, 6.45) is 7.54. The first-order chi connectivity index (χ1) is 32.3. The topological polar surface area (TPSA) is 180 Å². The molecule has 0 aliphatic carbocycles. The molecule has 6 aromatic heterocycles. The van der Waals surface area contributed by atoms with Crippen LogP contribution in [0.15, 0.2) is 93.5 Å². The Morgan fingerprint density at radius 2 is 0.794 bits per heavy atom. The van der Waals surface area contributed by atoms with Gasteiger partial charge in [0.05, 0.1) is 19.5 Å². The number of ether oxygens (including phenoxy) is 4. The molecule has 0 radical (unpaired) electrons. The zero-order chi connectivity index (χ0) is 48.2. The zero-order valence-electron chi connectivity index (χ0n) is 37.5. The van der Waals surface area contributed by atoms with Crippen molar-refractivity contribution in [2.75, 3.05) is 0 Å². The number of fused-ring (bicyclic) bond motifs is 7. The third kappa shape index (κ3) is 7.13. The van der Waals surface area contributed by atoms with Crippen LogP contribution in [0.1, 0.15) is 76.3 Å². The molecular formula is C52H34N6O4S6. The van der Waals surface area contributed by atoms with E-state index in [0.29, 0.717) is 11.1 Å². The van der Waals surface area contributed by atoms with Crippen LogP contribution in [-0.2, 0) is 20.7 Å². The molecule has 68 heavy (non-hydrogen) atoms. The average Bonchev–Trinajstić information content (AvgIpc) is 4.14. The highest BCUT2D eigenvalue weighted by Gasteiger charge is 2.42. The molecule has 10 nitrogen and oxygen atoms in total. The Labute approximate surface area is 416 Å². The molecule has 0 N–H and O–H groups in total. The summed E-state index contributed by atoms with van der Waals surface area (Å²) >= 11 is 10.3. The highest BCUT2D eigenvalue weighted by molar-refractivity contribution is 7.34. The van der Waals surface area contributed by atoms with E-state index in [-0.39, 0.29) is 33.8 Å². The lowest BCUT2D eigenvalue weighted by Crippen LogP contribution is -2.27. The number of hydrogen-bond acceptors (Lipinski definition) is 16. The molecule has 4 aliphatic rings. The first-order valence-electron chi connectivity index (χ1n) is 21.0. The molecule has 332 valence electrons. The van der Waals surface area contributed by atoms with E-state index in [0.717, 1.165) is 42.1 Å². The van der Waals surface area contributed by atoms with Gasteiger partial charge in [0.1, 0.15) is 81.5 Å². The molecule has 16 heteroatoms. The van der Waals surface area contributed by atoms with Crippen LogP contribution in [0.25, 0.3) is 60.6 Å². The lowest BCUT2D eigenvalue weighted by Gasteiger charge is -2.31. The summed E-state index contributed by atoms with van der Waals surface area (Å²) in [5.74, 6) is 1.63. The van der Waals surface area contributed by atoms with E-state index in [1.165, 1.54) is 38.7 Å². The van der Waals surface area contributed by atoms with Crippen LogP contribution in [-0.4, -0.2) is 11.2 Å². The van der Waals surface area contributed by atoms with Gasteiger partial charge in [0.2, 0.25) is 0 Å². The molecule has 0 bridgehead atoms. The van der Waals surface area contributed by atoms with E-state index in [2.05, 4.69) is 64.1 Å². The van der Waals surface area contributed by atoms with Crippen molar-refractivity contribution in [2.45, 2.75) is 77.8 Å². The zero-order valence-corrected chi connectivity index (χ0v) is 42.4. The first kappa shape index (κ1) is 44.9. The highest BCUT2D eigenvalue weighted by atomic mass is 32.1. The van der Waals surface area contributed by atoms with E-state index in [4.69, 9.17) is 18.9 Å².